The highest BCUT2D eigenvalue weighted by Gasteiger charge is 2.25. The lowest BCUT2D eigenvalue weighted by Gasteiger charge is -2.19. The number of nitrogens with one attached hydrogen (secondary N) is 1. The lowest BCUT2D eigenvalue weighted by Crippen LogP contribution is -2.33. The molecule has 14 heavy (non-hydrogen) atoms. The Hall–Kier alpha value is 0.310. The summed E-state index contributed by atoms with van der Waals surface area (Å²) in [6, 6.07) is 0.813. The molecule has 1 aliphatic carbocycles. The van der Waals surface area contributed by atoms with Gasteiger partial charge in [0.1, 0.15) is 0 Å². The molecule has 1 aliphatic heterocycles. The lowest BCUT2D eigenvalue weighted by atomic mass is 10.1. The summed E-state index contributed by atoms with van der Waals surface area (Å²) in [4.78, 5) is 0. The van der Waals surface area contributed by atoms with Crippen LogP contribution in [-0.4, -0.2) is 24.1 Å². The van der Waals surface area contributed by atoms with E-state index in [0.29, 0.717) is 0 Å². The standard InChI is InChI=1S/C12H23NS/c1-2-12(7-10-3-4-10)13-8-11-5-6-14-9-11/h10-13H,2-9H2,1H3. The van der Waals surface area contributed by atoms with Crippen LogP contribution in [0.3, 0.4) is 0 Å². The highest BCUT2D eigenvalue weighted by atomic mass is 32.2. The van der Waals surface area contributed by atoms with Gasteiger partial charge in [-0.1, -0.05) is 19.8 Å². The maximum absolute atomic E-state index is 3.77. The second-order valence-corrected chi connectivity index (χ2v) is 6.07. The Labute approximate surface area is 92.4 Å². The maximum Gasteiger partial charge on any atom is 0.00671 e. The van der Waals surface area contributed by atoms with E-state index in [1.165, 1.54) is 50.2 Å². The largest absolute Gasteiger partial charge is 0.314 e. The monoisotopic (exact) mass is 213 g/mol. The van der Waals surface area contributed by atoms with E-state index >= 15 is 0 Å². The molecule has 1 saturated heterocycles. The van der Waals surface area contributed by atoms with Crippen molar-refractivity contribution in [3.05, 3.63) is 0 Å². The molecular weight excluding hydrogens is 190 g/mol. The zero-order valence-corrected chi connectivity index (χ0v) is 10.1. The van der Waals surface area contributed by atoms with Gasteiger partial charge in [0.15, 0.2) is 0 Å². The summed E-state index contributed by atoms with van der Waals surface area (Å²) in [6.07, 6.45) is 7.19. The van der Waals surface area contributed by atoms with Gasteiger partial charge in [0.05, 0.1) is 0 Å². The van der Waals surface area contributed by atoms with E-state index in [1.54, 1.807) is 0 Å². The molecule has 2 unspecified atom stereocenters. The first-order valence-electron chi connectivity index (χ1n) is 6.19. The summed E-state index contributed by atoms with van der Waals surface area (Å²) in [6.45, 7) is 3.60. The number of hydrogen-bond acceptors (Lipinski definition) is 2. The van der Waals surface area contributed by atoms with Gasteiger partial charge in [0, 0.05) is 6.04 Å². The van der Waals surface area contributed by atoms with E-state index in [-0.39, 0.29) is 0 Å². The number of rotatable bonds is 6. The average Bonchev–Trinajstić information content (AvgIpc) is 2.86. The van der Waals surface area contributed by atoms with E-state index in [9.17, 15) is 0 Å². The molecule has 0 aromatic heterocycles. The molecule has 2 rings (SSSR count). The first kappa shape index (κ1) is 10.8. The first-order valence-corrected chi connectivity index (χ1v) is 7.35. The third kappa shape index (κ3) is 3.47. The van der Waals surface area contributed by atoms with Gasteiger partial charge >= 0.3 is 0 Å². The van der Waals surface area contributed by atoms with Crippen LogP contribution in [0.25, 0.3) is 0 Å². The van der Waals surface area contributed by atoms with Gasteiger partial charge < -0.3 is 5.32 Å². The zero-order chi connectivity index (χ0) is 9.80. The predicted molar refractivity (Wildman–Crippen MR) is 64.9 cm³/mol. The summed E-state index contributed by atoms with van der Waals surface area (Å²) in [7, 11) is 0. The van der Waals surface area contributed by atoms with E-state index in [0.717, 1.165) is 17.9 Å². The summed E-state index contributed by atoms with van der Waals surface area (Å²) in [5.74, 6) is 4.83. The quantitative estimate of drug-likeness (QED) is 0.728. The van der Waals surface area contributed by atoms with Crippen LogP contribution in [0.2, 0.25) is 0 Å². The van der Waals surface area contributed by atoms with Crippen LogP contribution >= 0.6 is 11.8 Å². The Balaban J connectivity index is 1.60. The molecule has 82 valence electrons. The van der Waals surface area contributed by atoms with E-state index in [1.807, 2.05) is 0 Å². The Kier molecular flexibility index (Phi) is 4.18. The molecule has 0 spiro atoms. The van der Waals surface area contributed by atoms with Crippen LogP contribution < -0.4 is 5.32 Å². The van der Waals surface area contributed by atoms with Crippen molar-refractivity contribution in [2.75, 3.05) is 18.1 Å². The second-order valence-electron chi connectivity index (χ2n) is 4.92. The van der Waals surface area contributed by atoms with Gasteiger partial charge in [-0.3, -0.25) is 0 Å². The molecule has 2 aliphatic rings. The van der Waals surface area contributed by atoms with Crippen molar-refractivity contribution in [1.29, 1.82) is 0 Å². The molecule has 0 radical (unpaired) electrons. The molecule has 1 N–H and O–H groups in total. The average molecular weight is 213 g/mol. The smallest absolute Gasteiger partial charge is 0.00671 e. The van der Waals surface area contributed by atoms with Crippen molar-refractivity contribution in [2.24, 2.45) is 11.8 Å². The Bertz CT molecular complexity index is 162. The van der Waals surface area contributed by atoms with Gasteiger partial charge in [0.25, 0.3) is 0 Å². The highest BCUT2D eigenvalue weighted by Crippen LogP contribution is 2.34. The fourth-order valence-electron chi connectivity index (χ4n) is 2.23. The highest BCUT2D eigenvalue weighted by molar-refractivity contribution is 7.99. The van der Waals surface area contributed by atoms with Gasteiger partial charge in [-0.2, -0.15) is 11.8 Å². The van der Waals surface area contributed by atoms with Crippen molar-refractivity contribution >= 4 is 11.8 Å². The van der Waals surface area contributed by atoms with Crippen molar-refractivity contribution in [3.63, 3.8) is 0 Å². The fourth-order valence-corrected chi connectivity index (χ4v) is 3.51. The zero-order valence-electron chi connectivity index (χ0n) is 9.30. The molecular formula is C12H23NS. The predicted octanol–water partition coefficient (Wildman–Crippen LogP) is 2.91. The molecule has 1 nitrogen and oxygen atoms in total. The maximum atomic E-state index is 3.77. The molecule has 0 bridgehead atoms. The van der Waals surface area contributed by atoms with Crippen molar-refractivity contribution in [1.82, 2.24) is 5.32 Å². The molecule has 2 fully saturated rings. The Morgan fingerprint density at radius 2 is 2.14 bits per heavy atom. The summed E-state index contributed by atoms with van der Waals surface area (Å²) < 4.78 is 0. The van der Waals surface area contributed by atoms with Crippen LogP contribution in [0.5, 0.6) is 0 Å². The van der Waals surface area contributed by atoms with E-state index in [2.05, 4.69) is 24.0 Å². The van der Waals surface area contributed by atoms with Crippen molar-refractivity contribution in [3.8, 4) is 0 Å². The lowest BCUT2D eigenvalue weighted by molar-refractivity contribution is 0.408. The first-order chi connectivity index (χ1) is 6.88. The normalized spacial score (nSPS) is 29.4. The van der Waals surface area contributed by atoms with Crippen LogP contribution in [0.15, 0.2) is 0 Å². The summed E-state index contributed by atoms with van der Waals surface area (Å²) in [5, 5.41) is 3.77. The van der Waals surface area contributed by atoms with Gasteiger partial charge in [-0.05, 0) is 49.1 Å². The minimum absolute atomic E-state index is 0.813. The van der Waals surface area contributed by atoms with E-state index in [4.69, 9.17) is 0 Å². The minimum atomic E-state index is 0.813. The summed E-state index contributed by atoms with van der Waals surface area (Å²) >= 11 is 2.13. The van der Waals surface area contributed by atoms with Crippen LogP contribution in [0.1, 0.15) is 39.0 Å². The third-order valence-electron chi connectivity index (χ3n) is 3.53. The Morgan fingerprint density at radius 1 is 1.29 bits per heavy atom. The fraction of sp³-hybridized carbons (Fsp3) is 1.00. The molecule has 1 heterocycles. The number of thioether (sulfide) groups is 1. The van der Waals surface area contributed by atoms with Gasteiger partial charge in [0.2, 0.25) is 0 Å². The van der Waals surface area contributed by atoms with Crippen LogP contribution in [-0.2, 0) is 0 Å². The minimum Gasteiger partial charge on any atom is -0.314 e. The van der Waals surface area contributed by atoms with Crippen molar-refractivity contribution in [2.45, 2.75) is 45.1 Å². The Morgan fingerprint density at radius 3 is 2.71 bits per heavy atom. The van der Waals surface area contributed by atoms with Crippen molar-refractivity contribution < 1.29 is 0 Å². The van der Waals surface area contributed by atoms with Crippen LogP contribution in [0, 0.1) is 11.8 Å². The molecule has 1 saturated carbocycles. The molecule has 2 atom stereocenters. The van der Waals surface area contributed by atoms with Crippen LogP contribution in [0.4, 0.5) is 0 Å². The third-order valence-corrected chi connectivity index (χ3v) is 4.76. The molecule has 0 aromatic carbocycles. The topological polar surface area (TPSA) is 12.0 Å². The second kappa shape index (κ2) is 5.41. The van der Waals surface area contributed by atoms with E-state index < -0.39 is 0 Å². The van der Waals surface area contributed by atoms with Gasteiger partial charge in [-0.25, -0.2) is 0 Å². The SMILES string of the molecule is CCC(CC1CC1)NCC1CCSC1. The summed E-state index contributed by atoms with van der Waals surface area (Å²) in [5.41, 5.74) is 0. The molecule has 2 heteroatoms. The number of hydrogen-bond donors (Lipinski definition) is 1. The molecule has 0 amide bonds. The molecule has 0 aromatic rings. The van der Waals surface area contributed by atoms with Gasteiger partial charge in [-0.15, -0.1) is 0 Å².